The minimum absolute atomic E-state index is 0.0222. The molecule has 0 radical (unpaired) electrons. The van der Waals surface area contributed by atoms with Crippen molar-refractivity contribution >= 4 is 22.8 Å². The van der Waals surface area contributed by atoms with Crippen molar-refractivity contribution in [3.63, 3.8) is 0 Å². The monoisotopic (exact) mass is 422 g/mol. The number of aryl methyl sites for hydroxylation is 1. The number of para-hydroxylation sites is 1. The molecule has 2 heterocycles. The summed E-state index contributed by atoms with van der Waals surface area (Å²) < 4.78 is 17.0. The largest absolute Gasteiger partial charge is 0.494 e. The lowest BCUT2D eigenvalue weighted by Gasteiger charge is -2.14. The lowest BCUT2D eigenvalue weighted by Crippen LogP contribution is -2.26. The number of ether oxygens (including phenoxy) is 3. The van der Waals surface area contributed by atoms with Crippen LogP contribution >= 0.6 is 0 Å². The number of nitrogens with zero attached hydrogens (tertiary/aromatic N) is 2. The molecule has 4 rings (SSSR count). The molecule has 160 valence electrons. The fraction of sp³-hybridized carbons (Fsp3) is 0.304. The van der Waals surface area contributed by atoms with Crippen molar-refractivity contribution in [2.24, 2.45) is 0 Å². The zero-order valence-corrected chi connectivity index (χ0v) is 17.1. The summed E-state index contributed by atoms with van der Waals surface area (Å²) in [7, 11) is 0. The van der Waals surface area contributed by atoms with Crippen molar-refractivity contribution in [3.05, 3.63) is 64.7 Å². The third-order valence-electron chi connectivity index (χ3n) is 4.96. The fourth-order valence-electron chi connectivity index (χ4n) is 3.49. The van der Waals surface area contributed by atoms with Crippen LogP contribution in [0.2, 0.25) is 0 Å². The number of hydrogen-bond donors (Lipinski definition) is 0. The quantitative estimate of drug-likeness (QED) is 0.540. The van der Waals surface area contributed by atoms with E-state index in [4.69, 9.17) is 14.2 Å². The summed E-state index contributed by atoms with van der Waals surface area (Å²) in [6, 6.07) is 14.2. The lowest BCUT2D eigenvalue weighted by atomic mass is 10.2. The number of hydrogen-bond acceptors (Lipinski definition) is 7. The Balaban J connectivity index is 1.64. The summed E-state index contributed by atoms with van der Waals surface area (Å²) in [5.74, 6) is 0.0633. The molecular weight excluding hydrogens is 400 g/mol. The summed E-state index contributed by atoms with van der Waals surface area (Å²) in [6.45, 7) is 2.69. The van der Waals surface area contributed by atoms with Gasteiger partial charge in [-0.05, 0) is 43.3 Å². The van der Waals surface area contributed by atoms with Gasteiger partial charge in [0.2, 0.25) is 6.10 Å². The molecule has 3 aromatic rings. The van der Waals surface area contributed by atoms with Gasteiger partial charge in [-0.3, -0.25) is 14.2 Å². The molecule has 31 heavy (non-hydrogen) atoms. The maximum Gasteiger partial charge on any atom is 0.347 e. The maximum absolute atomic E-state index is 13.2. The van der Waals surface area contributed by atoms with Crippen LogP contribution in [-0.4, -0.2) is 40.8 Å². The molecule has 0 unspecified atom stereocenters. The summed E-state index contributed by atoms with van der Waals surface area (Å²) in [5.41, 5.74) is 0.948. The Bertz CT molecular complexity index is 1170. The van der Waals surface area contributed by atoms with Gasteiger partial charge in [0.15, 0.2) is 0 Å². The second kappa shape index (κ2) is 8.99. The molecule has 1 fully saturated rings. The Morgan fingerprint density at radius 1 is 1.16 bits per heavy atom. The molecule has 0 spiro atoms. The van der Waals surface area contributed by atoms with Crippen molar-refractivity contribution in [1.29, 1.82) is 0 Å². The van der Waals surface area contributed by atoms with E-state index >= 15 is 0 Å². The van der Waals surface area contributed by atoms with Gasteiger partial charge in [0, 0.05) is 12.8 Å². The number of fused-ring (bicyclic) bond motifs is 1. The number of esters is 2. The highest BCUT2D eigenvalue weighted by molar-refractivity contribution is 5.81. The van der Waals surface area contributed by atoms with E-state index in [1.165, 1.54) is 4.57 Å². The molecule has 0 amide bonds. The molecule has 1 aromatic heterocycles. The number of aromatic nitrogens is 2. The SMILES string of the molecule is CCOc1ccc(-n2c(CCC(=O)O[C@@H]3CCOC3=O)nc3ccccc3c2=O)cc1. The third-order valence-corrected chi connectivity index (χ3v) is 4.96. The predicted octanol–water partition coefficient (Wildman–Crippen LogP) is 2.58. The van der Waals surface area contributed by atoms with Gasteiger partial charge in [0.25, 0.3) is 5.56 Å². The van der Waals surface area contributed by atoms with Crippen LogP contribution < -0.4 is 10.3 Å². The number of rotatable bonds is 7. The van der Waals surface area contributed by atoms with Crippen LogP contribution in [-0.2, 0) is 25.5 Å². The van der Waals surface area contributed by atoms with Crippen molar-refractivity contribution in [1.82, 2.24) is 9.55 Å². The van der Waals surface area contributed by atoms with E-state index in [2.05, 4.69) is 4.98 Å². The van der Waals surface area contributed by atoms with Crippen LogP contribution in [0.3, 0.4) is 0 Å². The highest BCUT2D eigenvalue weighted by Gasteiger charge is 2.30. The summed E-state index contributed by atoms with van der Waals surface area (Å²) in [4.78, 5) is 41.7. The van der Waals surface area contributed by atoms with Gasteiger partial charge < -0.3 is 14.2 Å². The van der Waals surface area contributed by atoms with E-state index in [0.717, 1.165) is 0 Å². The van der Waals surface area contributed by atoms with Gasteiger partial charge in [-0.25, -0.2) is 9.78 Å². The molecule has 0 N–H and O–H groups in total. The van der Waals surface area contributed by atoms with Crippen LogP contribution in [0.25, 0.3) is 16.6 Å². The van der Waals surface area contributed by atoms with E-state index < -0.39 is 18.0 Å². The minimum atomic E-state index is -0.856. The molecular formula is C23H22N2O6. The first-order chi connectivity index (χ1) is 15.1. The predicted molar refractivity (Wildman–Crippen MR) is 112 cm³/mol. The number of benzene rings is 2. The topological polar surface area (TPSA) is 96.7 Å². The number of cyclic esters (lactones) is 1. The van der Waals surface area contributed by atoms with Crippen molar-refractivity contribution in [2.75, 3.05) is 13.2 Å². The van der Waals surface area contributed by atoms with E-state index in [9.17, 15) is 14.4 Å². The summed E-state index contributed by atoms with van der Waals surface area (Å²) in [5, 5.41) is 0.483. The average Bonchev–Trinajstić information content (AvgIpc) is 3.18. The van der Waals surface area contributed by atoms with Gasteiger partial charge in [-0.15, -0.1) is 0 Å². The third kappa shape index (κ3) is 4.42. The Kier molecular flexibility index (Phi) is 5.97. The first-order valence-electron chi connectivity index (χ1n) is 10.2. The van der Waals surface area contributed by atoms with E-state index in [1.54, 1.807) is 48.5 Å². The smallest absolute Gasteiger partial charge is 0.347 e. The highest BCUT2D eigenvalue weighted by Crippen LogP contribution is 2.18. The Morgan fingerprint density at radius 3 is 2.65 bits per heavy atom. The minimum Gasteiger partial charge on any atom is -0.494 e. The normalized spacial score (nSPS) is 15.6. The molecule has 8 heteroatoms. The second-order valence-electron chi connectivity index (χ2n) is 7.05. The zero-order valence-electron chi connectivity index (χ0n) is 17.1. The number of carbonyl (C=O) groups excluding carboxylic acids is 2. The van der Waals surface area contributed by atoms with Gasteiger partial charge in [0.1, 0.15) is 11.6 Å². The van der Waals surface area contributed by atoms with Crippen LogP contribution in [0.1, 0.15) is 25.6 Å². The van der Waals surface area contributed by atoms with Crippen LogP contribution in [0.4, 0.5) is 0 Å². The van der Waals surface area contributed by atoms with Crippen LogP contribution in [0.15, 0.2) is 53.3 Å². The van der Waals surface area contributed by atoms with Gasteiger partial charge >= 0.3 is 11.9 Å². The summed E-state index contributed by atoms with van der Waals surface area (Å²) in [6.07, 6.45) is -0.347. The zero-order chi connectivity index (χ0) is 21.8. The van der Waals surface area contributed by atoms with Crippen molar-refractivity contribution in [3.8, 4) is 11.4 Å². The molecule has 1 aliphatic heterocycles. The van der Waals surface area contributed by atoms with Crippen LogP contribution in [0, 0.1) is 0 Å². The van der Waals surface area contributed by atoms with E-state index in [0.29, 0.717) is 41.2 Å². The first-order valence-corrected chi connectivity index (χ1v) is 10.2. The molecule has 0 saturated carbocycles. The van der Waals surface area contributed by atoms with Crippen molar-refractivity contribution in [2.45, 2.75) is 32.3 Å². The molecule has 0 bridgehead atoms. The van der Waals surface area contributed by atoms with Crippen molar-refractivity contribution < 1.29 is 23.8 Å². The molecule has 8 nitrogen and oxygen atoms in total. The number of carbonyl (C=O) groups is 2. The molecule has 1 saturated heterocycles. The standard InChI is InChI=1S/C23H22N2O6/c1-2-29-16-9-7-15(8-10-16)25-20(24-18-6-4-3-5-17(18)22(25)27)11-12-21(26)31-19-13-14-30-23(19)28/h3-10,19H,2,11-14H2,1H3/t19-/m1/s1. The molecule has 2 aromatic carbocycles. The Hall–Kier alpha value is -3.68. The highest BCUT2D eigenvalue weighted by atomic mass is 16.6. The first kappa shape index (κ1) is 20.6. The Labute approximate surface area is 178 Å². The van der Waals surface area contributed by atoms with Gasteiger partial charge in [-0.1, -0.05) is 12.1 Å². The Morgan fingerprint density at radius 2 is 1.94 bits per heavy atom. The lowest BCUT2D eigenvalue weighted by molar-refractivity contribution is -0.160. The van der Waals surface area contributed by atoms with Gasteiger partial charge in [-0.2, -0.15) is 0 Å². The fourth-order valence-corrected chi connectivity index (χ4v) is 3.49. The van der Waals surface area contributed by atoms with E-state index in [1.807, 2.05) is 6.92 Å². The molecule has 1 aliphatic rings. The maximum atomic E-state index is 13.2. The molecule has 1 atom stereocenters. The van der Waals surface area contributed by atoms with E-state index in [-0.39, 0.29) is 25.0 Å². The van der Waals surface area contributed by atoms with Gasteiger partial charge in [0.05, 0.1) is 36.2 Å². The van der Waals surface area contributed by atoms with Crippen LogP contribution in [0.5, 0.6) is 5.75 Å². The molecule has 0 aliphatic carbocycles. The average molecular weight is 422 g/mol. The second-order valence-corrected chi connectivity index (χ2v) is 7.05. The summed E-state index contributed by atoms with van der Waals surface area (Å²) >= 11 is 0.